The van der Waals surface area contributed by atoms with Crippen LogP contribution in [-0.2, 0) is 0 Å². The number of hydrogen-bond acceptors (Lipinski definition) is 5. The van der Waals surface area contributed by atoms with Crippen LogP contribution in [0, 0.1) is 16.1 Å². The number of nitrogens with two attached hydrogens (primary N) is 1. The van der Waals surface area contributed by atoms with Crippen molar-refractivity contribution in [3.63, 3.8) is 0 Å². The molecule has 0 amide bonds. The Labute approximate surface area is 84.8 Å². The zero-order chi connectivity index (χ0) is 12.5. The van der Waals surface area contributed by atoms with Crippen LogP contribution in [0.3, 0.4) is 0 Å². The SMILES string of the molecule is Nc1cc(F)nc(OC(F)(F)F)c1[N+](=O)[O-]. The molecule has 1 aromatic heterocycles. The van der Waals surface area contributed by atoms with E-state index in [9.17, 15) is 27.7 Å². The third-order valence-electron chi connectivity index (χ3n) is 1.35. The molecular formula is C6H3F4N3O3. The molecule has 0 atom stereocenters. The van der Waals surface area contributed by atoms with Gasteiger partial charge in [0.2, 0.25) is 5.95 Å². The van der Waals surface area contributed by atoms with Crippen molar-refractivity contribution in [1.29, 1.82) is 0 Å². The van der Waals surface area contributed by atoms with E-state index in [-0.39, 0.29) is 0 Å². The van der Waals surface area contributed by atoms with Crippen LogP contribution < -0.4 is 10.5 Å². The van der Waals surface area contributed by atoms with Gasteiger partial charge in [-0.3, -0.25) is 10.1 Å². The van der Waals surface area contributed by atoms with Gasteiger partial charge in [0.05, 0.1) is 4.92 Å². The number of rotatable bonds is 2. The minimum absolute atomic E-state index is 0.418. The Hall–Kier alpha value is -2.13. The number of aromatic nitrogens is 1. The predicted octanol–water partition coefficient (Wildman–Crippen LogP) is 1.61. The molecule has 16 heavy (non-hydrogen) atoms. The van der Waals surface area contributed by atoms with Crippen LogP contribution in [0.25, 0.3) is 0 Å². The highest BCUT2D eigenvalue weighted by molar-refractivity contribution is 5.62. The summed E-state index contributed by atoms with van der Waals surface area (Å²) < 4.78 is 51.2. The van der Waals surface area contributed by atoms with Crippen molar-refractivity contribution in [1.82, 2.24) is 4.98 Å². The number of anilines is 1. The van der Waals surface area contributed by atoms with E-state index < -0.39 is 34.5 Å². The zero-order valence-electron chi connectivity index (χ0n) is 7.29. The van der Waals surface area contributed by atoms with Gasteiger partial charge < -0.3 is 10.5 Å². The molecule has 88 valence electrons. The van der Waals surface area contributed by atoms with Crippen LogP contribution in [0.2, 0.25) is 0 Å². The van der Waals surface area contributed by atoms with Crippen molar-refractivity contribution in [2.45, 2.75) is 6.36 Å². The van der Waals surface area contributed by atoms with Gasteiger partial charge >= 0.3 is 17.9 Å². The molecule has 0 saturated carbocycles. The van der Waals surface area contributed by atoms with Crippen molar-refractivity contribution < 1.29 is 27.2 Å². The molecule has 0 aromatic carbocycles. The minimum atomic E-state index is -5.22. The summed E-state index contributed by atoms with van der Waals surface area (Å²) in [7, 11) is 0. The van der Waals surface area contributed by atoms with Gasteiger partial charge in [-0.05, 0) is 0 Å². The van der Waals surface area contributed by atoms with E-state index in [0.717, 1.165) is 0 Å². The maximum atomic E-state index is 12.6. The fraction of sp³-hybridized carbons (Fsp3) is 0.167. The second-order valence-corrected chi connectivity index (χ2v) is 2.49. The highest BCUT2D eigenvalue weighted by Gasteiger charge is 2.36. The van der Waals surface area contributed by atoms with Gasteiger partial charge in [0.1, 0.15) is 5.69 Å². The van der Waals surface area contributed by atoms with Crippen LogP contribution in [0.15, 0.2) is 6.07 Å². The van der Waals surface area contributed by atoms with Crippen molar-refractivity contribution in [2.75, 3.05) is 5.73 Å². The molecule has 0 saturated heterocycles. The molecule has 1 rings (SSSR count). The number of pyridine rings is 1. The number of nitrogen functional groups attached to an aromatic ring is 1. The van der Waals surface area contributed by atoms with E-state index in [4.69, 9.17) is 5.73 Å². The first-order chi connectivity index (χ1) is 7.20. The molecule has 0 aliphatic carbocycles. The second kappa shape index (κ2) is 3.79. The van der Waals surface area contributed by atoms with Gasteiger partial charge in [0.15, 0.2) is 0 Å². The summed E-state index contributed by atoms with van der Waals surface area (Å²) in [6.45, 7) is 0. The Morgan fingerprint density at radius 1 is 1.50 bits per heavy atom. The Kier molecular flexibility index (Phi) is 2.83. The fourth-order valence-electron chi connectivity index (χ4n) is 0.867. The number of halogens is 4. The van der Waals surface area contributed by atoms with E-state index >= 15 is 0 Å². The largest absolute Gasteiger partial charge is 0.574 e. The zero-order valence-corrected chi connectivity index (χ0v) is 7.29. The quantitative estimate of drug-likeness (QED) is 0.367. The molecule has 10 heteroatoms. The molecule has 0 spiro atoms. The Balaban J connectivity index is 3.30. The molecule has 1 aromatic rings. The average molecular weight is 241 g/mol. The van der Waals surface area contributed by atoms with Gasteiger partial charge in [-0.15, -0.1) is 13.2 Å². The summed E-state index contributed by atoms with van der Waals surface area (Å²) in [5, 5.41) is 10.4. The van der Waals surface area contributed by atoms with E-state index in [0.29, 0.717) is 6.07 Å². The number of ether oxygens (including phenoxy) is 1. The first kappa shape index (κ1) is 11.9. The van der Waals surface area contributed by atoms with Crippen LogP contribution in [0.5, 0.6) is 5.88 Å². The predicted molar refractivity (Wildman–Crippen MR) is 41.9 cm³/mol. The lowest BCUT2D eigenvalue weighted by molar-refractivity contribution is -0.388. The molecular weight excluding hydrogens is 238 g/mol. The maximum Gasteiger partial charge on any atom is 0.574 e. The molecule has 0 bridgehead atoms. The molecule has 0 aliphatic rings. The second-order valence-electron chi connectivity index (χ2n) is 2.49. The summed E-state index contributed by atoms with van der Waals surface area (Å²) >= 11 is 0. The van der Waals surface area contributed by atoms with Crippen molar-refractivity contribution >= 4 is 11.4 Å². The minimum Gasteiger partial charge on any atom is -0.393 e. The monoisotopic (exact) mass is 241 g/mol. The summed E-state index contributed by atoms with van der Waals surface area (Å²) in [4.78, 5) is 11.7. The summed E-state index contributed by atoms with van der Waals surface area (Å²) in [5.41, 5.74) is 2.93. The van der Waals surface area contributed by atoms with Gasteiger partial charge in [0, 0.05) is 6.07 Å². The molecule has 2 N–H and O–H groups in total. The van der Waals surface area contributed by atoms with Crippen LogP contribution >= 0.6 is 0 Å². The van der Waals surface area contributed by atoms with Crippen molar-refractivity contribution in [2.24, 2.45) is 0 Å². The Morgan fingerprint density at radius 3 is 2.50 bits per heavy atom. The molecule has 0 aliphatic heterocycles. The van der Waals surface area contributed by atoms with Gasteiger partial charge in [-0.25, -0.2) is 0 Å². The molecule has 6 nitrogen and oxygen atoms in total. The van der Waals surface area contributed by atoms with Crippen LogP contribution in [0.4, 0.5) is 28.9 Å². The molecule has 0 unspecified atom stereocenters. The van der Waals surface area contributed by atoms with Crippen LogP contribution in [0.1, 0.15) is 0 Å². The Morgan fingerprint density at radius 2 is 2.06 bits per heavy atom. The first-order valence-electron chi connectivity index (χ1n) is 3.57. The van der Waals surface area contributed by atoms with E-state index in [1.165, 1.54) is 0 Å². The van der Waals surface area contributed by atoms with Crippen molar-refractivity contribution in [3.8, 4) is 5.88 Å². The lowest BCUT2D eigenvalue weighted by Gasteiger charge is -2.08. The number of alkyl halides is 3. The molecule has 0 fully saturated rings. The lowest BCUT2D eigenvalue weighted by atomic mass is 10.3. The number of nitro groups is 1. The topological polar surface area (TPSA) is 91.3 Å². The standard InChI is InChI=1S/C6H3F4N3O3/c7-3-1-2(11)4(13(14)15)5(12-3)16-6(8,9)10/h1H,(H2,11,12). The average Bonchev–Trinajstić information content (AvgIpc) is 1.96. The number of hydrogen-bond donors (Lipinski definition) is 1. The highest BCUT2D eigenvalue weighted by Crippen LogP contribution is 2.34. The van der Waals surface area contributed by atoms with Gasteiger partial charge in [-0.2, -0.15) is 9.37 Å². The van der Waals surface area contributed by atoms with Gasteiger partial charge in [0.25, 0.3) is 0 Å². The maximum absolute atomic E-state index is 12.6. The van der Waals surface area contributed by atoms with E-state index in [1.54, 1.807) is 0 Å². The summed E-state index contributed by atoms with van der Waals surface area (Å²) in [6, 6.07) is 0.418. The van der Waals surface area contributed by atoms with Crippen LogP contribution in [-0.4, -0.2) is 16.3 Å². The van der Waals surface area contributed by atoms with Crippen molar-refractivity contribution in [3.05, 3.63) is 22.1 Å². The first-order valence-corrected chi connectivity index (χ1v) is 3.57. The highest BCUT2D eigenvalue weighted by atomic mass is 19.4. The van der Waals surface area contributed by atoms with E-state index in [2.05, 4.69) is 9.72 Å². The number of nitrogens with zero attached hydrogens (tertiary/aromatic N) is 2. The van der Waals surface area contributed by atoms with E-state index in [1.807, 2.05) is 0 Å². The lowest BCUT2D eigenvalue weighted by Crippen LogP contribution is -2.19. The molecule has 0 radical (unpaired) electrons. The fourth-order valence-corrected chi connectivity index (χ4v) is 0.867. The normalized spacial score (nSPS) is 11.2. The third-order valence-corrected chi connectivity index (χ3v) is 1.35. The summed E-state index contributed by atoms with van der Waals surface area (Å²) in [6.07, 6.45) is -5.22. The summed E-state index contributed by atoms with van der Waals surface area (Å²) in [5.74, 6) is -2.95. The Bertz CT molecular complexity index is 434. The van der Waals surface area contributed by atoms with Gasteiger partial charge in [-0.1, -0.05) is 0 Å². The molecule has 1 heterocycles. The third kappa shape index (κ3) is 2.68. The smallest absolute Gasteiger partial charge is 0.393 e.